The van der Waals surface area contributed by atoms with E-state index in [9.17, 15) is 8.42 Å². The van der Waals surface area contributed by atoms with Gasteiger partial charge in [0.25, 0.3) is 0 Å². The Morgan fingerprint density at radius 2 is 2.18 bits per heavy atom. The molecule has 0 N–H and O–H groups in total. The molecule has 0 aliphatic carbocycles. The molecule has 1 aromatic rings. The van der Waals surface area contributed by atoms with Crippen molar-refractivity contribution in [3.63, 3.8) is 0 Å². The van der Waals surface area contributed by atoms with E-state index < -0.39 is 9.84 Å². The van der Waals surface area contributed by atoms with Crippen molar-refractivity contribution in [2.24, 2.45) is 7.05 Å². The molecule has 0 fully saturated rings. The summed E-state index contributed by atoms with van der Waals surface area (Å²) in [6, 6.07) is 0. The lowest BCUT2D eigenvalue weighted by molar-refractivity contribution is 0.602. The first-order valence-corrected chi connectivity index (χ1v) is 5.07. The van der Waals surface area contributed by atoms with Gasteiger partial charge in [-0.1, -0.05) is 11.6 Å². The minimum Gasteiger partial charge on any atom is -0.256 e. The molecule has 11 heavy (non-hydrogen) atoms. The molecule has 1 aromatic heterocycles. The standard InChI is InChI=1S/C5H7ClN2O2S/c1-8-5(6)4(3-7-8)11(2,9)10/h3H,1-2H3. The van der Waals surface area contributed by atoms with Crippen LogP contribution in [0.1, 0.15) is 0 Å². The Labute approximate surface area is 69.7 Å². The van der Waals surface area contributed by atoms with Crippen molar-refractivity contribution < 1.29 is 8.42 Å². The Hall–Kier alpha value is -0.550. The Morgan fingerprint density at radius 1 is 1.64 bits per heavy atom. The maximum Gasteiger partial charge on any atom is 0.180 e. The van der Waals surface area contributed by atoms with Crippen molar-refractivity contribution in [2.75, 3.05) is 6.26 Å². The monoisotopic (exact) mass is 194 g/mol. The van der Waals surface area contributed by atoms with Gasteiger partial charge >= 0.3 is 0 Å². The number of rotatable bonds is 1. The van der Waals surface area contributed by atoms with E-state index in [0.717, 1.165) is 6.26 Å². The van der Waals surface area contributed by atoms with Gasteiger partial charge in [-0.05, 0) is 0 Å². The second-order valence-electron chi connectivity index (χ2n) is 2.20. The molecule has 0 saturated heterocycles. The normalized spacial score (nSPS) is 11.9. The highest BCUT2D eigenvalue weighted by Gasteiger charge is 2.15. The lowest BCUT2D eigenvalue weighted by Gasteiger charge is -1.93. The van der Waals surface area contributed by atoms with Crippen LogP contribution in [0.15, 0.2) is 11.1 Å². The van der Waals surface area contributed by atoms with Crippen LogP contribution in [0.4, 0.5) is 0 Å². The van der Waals surface area contributed by atoms with Crippen molar-refractivity contribution in [1.29, 1.82) is 0 Å². The molecule has 0 unspecified atom stereocenters. The molecule has 0 bridgehead atoms. The summed E-state index contributed by atoms with van der Waals surface area (Å²) in [5.41, 5.74) is 0. The Kier molecular flexibility index (Phi) is 1.94. The number of hydrogen-bond donors (Lipinski definition) is 0. The molecule has 0 aliphatic rings. The highest BCUT2D eigenvalue weighted by molar-refractivity contribution is 7.90. The smallest absolute Gasteiger partial charge is 0.180 e. The topological polar surface area (TPSA) is 52.0 Å². The van der Waals surface area contributed by atoms with Crippen LogP contribution >= 0.6 is 11.6 Å². The quantitative estimate of drug-likeness (QED) is 0.654. The highest BCUT2D eigenvalue weighted by atomic mass is 35.5. The van der Waals surface area contributed by atoms with Crippen molar-refractivity contribution in [3.8, 4) is 0 Å². The predicted molar refractivity (Wildman–Crippen MR) is 41.3 cm³/mol. The van der Waals surface area contributed by atoms with Gasteiger partial charge in [0.05, 0.1) is 6.20 Å². The van der Waals surface area contributed by atoms with Crippen LogP contribution in [-0.2, 0) is 16.9 Å². The van der Waals surface area contributed by atoms with Gasteiger partial charge in [-0.15, -0.1) is 0 Å². The number of sulfone groups is 1. The fourth-order valence-electron chi connectivity index (χ4n) is 0.651. The molecule has 4 nitrogen and oxygen atoms in total. The molecule has 0 atom stereocenters. The lowest BCUT2D eigenvalue weighted by atomic mass is 10.7. The van der Waals surface area contributed by atoms with Gasteiger partial charge in [-0.3, -0.25) is 4.68 Å². The molecule has 0 saturated carbocycles. The Morgan fingerprint density at radius 3 is 2.36 bits per heavy atom. The highest BCUT2D eigenvalue weighted by Crippen LogP contribution is 2.18. The van der Waals surface area contributed by atoms with Crippen molar-refractivity contribution in [3.05, 3.63) is 11.3 Å². The molecule has 0 amide bonds. The first-order valence-electron chi connectivity index (χ1n) is 2.80. The summed E-state index contributed by atoms with van der Waals surface area (Å²) in [5, 5.41) is 3.83. The van der Waals surface area contributed by atoms with E-state index in [1.165, 1.54) is 10.9 Å². The zero-order chi connectivity index (χ0) is 8.65. The predicted octanol–water partition coefficient (Wildman–Crippen LogP) is 0.477. The average molecular weight is 195 g/mol. The summed E-state index contributed by atoms with van der Waals surface area (Å²) in [6.45, 7) is 0. The molecule has 1 rings (SSSR count). The number of aromatic nitrogens is 2. The van der Waals surface area contributed by atoms with Gasteiger partial charge in [-0.2, -0.15) is 5.10 Å². The Balaban J connectivity index is 3.38. The van der Waals surface area contributed by atoms with Crippen LogP contribution in [-0.4, -0.2) is 24.5 Å². The van der Waals surface area contributed by atoms with Gasteiger partial charge in [0.15, 0.2) is 9.84 Å². The number of aryl methyl sites for hydroxylation is 1. The lowest BCUT2D eigenvalue weighted by Crippen LogP contribution is -1.96. The van der Waals surface area contributed by atoms with Crippen LogP contribution in [0.25, 0.3) is 0 Å². The summed E-state index contributed by atoms with van der Waals surface area (Å²) < 4.78 is 23.2. The minimum atomic E-state index is -3.23. The largest absolute Gasteiger partial charge is 0.256 e. The third kappa shape index (κ3) is 1.54. The van der Waals surface area contributed by atoms with Crippen molar-refractivity contribution in [1.82, 2.24) is 9.78 Å². The van der Waals surface area contributed by atoms with Crippen molar-refractivity contribution >= 4 is 21.4 Å². The number of nitrogens with zero attached hydrogens (tertiary/aromatic N) is 2. The van der Waals surface area contributed by atoms with Crippen LogP contribution in [0.3, 0.4) is 0 Å². The van der Waals surface area contributed by atoms with Crippen molar-refractivity contribution in [2.45, 2.75) is 4.90 Å². The minimum absolute atomic E-state index is 0.0710. The molecule has 0 aliphatic heterocycles. The van der Waals surface area contributed by atoms with E-state index in [1.807, 2.05) is 0 Å². The van der Waals surface area contributed by atoms with Crippen LogP contribution in [0, 0.1) is 0 Å². The van der Waals surface area contributed by atoms with E-state index in [-0.39, 0.29) is 10.0 Å². The van der Waals surface area contributed by atoms with Gasteiger partial charge < -0.3 is 0 Å². The SMILES string of the molecule is Cn1ncc(S(C)(=O)=O)c1Cl. The van der Waals surface area contributed by atoms with E-state index in [1.54, 1.807) is 7.05 Å². The molecule has 6 heteroatoms. The van der Waals surface area contributed by atoms with E-state index in [0.29, 0.717) is 0 Å². The summed E-state index contributed by atoms with van der Waals surface area (Å²) in [4.78, 5) is 0.0710. The summed E-state index contributed by atoms with van der Waals surface area (Å²) in [7, 11) is -1.65. The van der Waals surface area contributed by atoms with Crippen LogP contribution in [0.5, 0.6) is 0 Å². The van der Waals surface area contributed by atoms with Gasteiger partial charge in [-0.25, -0.2) is 8.42 Å². The second-order valence-corrected chi connectivity index (χ2v) is 4.54. The molecular formula is C5H7ClN2O2S. The zero-order valence-corrected chi connectivity index (χ0v) is 7.65. The number of halogens is 1. The summed E-state index contributed by atoms with van der Waals surface area (Å²) >= 11 is 5.61. The van der Waals surface area contributed by atoms with Crippen LogP contribution in [0.2, 0.25) is 5.15 Å². The third-order valence-electron chi connectivity index (χ3n) is 1.24. The molecule has 1 heterocycles. The first kappa shape index (κ1) is 8.55. The van der Waals surface area contributed by atoms with E-state index in [4.69, 9.17) is 11.6 Å². The molecule has 62 valence electrons. The molecular weight excluding hydrogens is 188 g/mol. The molecule has 0 aromatic carbocycles. The zero-order valence-electron chi connectivity index (χ0n) is 6.07. The second kappa shape index (κ2) is 2.49. The fourth-order valence-corrected chi connectivity index (χ4v) is 1.84. The van der Waals surface area contributed by atoms with Gasteiger partial charge in [0.2, 0.25) is 0 Å². The average Bonchev–Trinajstić information content (AvgIpc) is 2.11. The summed E-state index contributed by atoms with van der Waals surface area (Å²) in [5.74, 6) is 0. The maximum atomic E-state index is 10.9. The summed E-state index contributed by atoms with van der Waals surface area (Å²) in [6.07, 6.45) is 2.33. The van der Waals surface area contributed by atoms with E-state index in [2.05, 4.69) is 5.10 Å². The van der Waals surface area contributed by atoms with Gasteiger partial charge in [0, 0.05) is 13.3 Å². The van der Waals surface area contributed by atoms with Gasteiger partial charge in [0.1, 0.15) is 10.0 Å². The first-order chi connectivity index (χ1) is 4.93. The van der Waals surface area contributed by atoms with Crippen LogP contribution < -0.4 is 0 Å². The fraction of sp³-hybridized carbons (Fsp3) is 0.400. The molecule has 0 spiro atoms. The third-order valence-corrected chi connectivity index (χ3v) is 2.89. The number of hydrogen-bond acceptors (Lipinski definition) is 3. The van der Waals surface area contributed by atoms with E-state index >= 15 is 0 Å². The Bertz CT molecular complexity index is 368. The maximum absolute atomic E-state index is 10.9. The molecule has 0 radical (unpaired) electrons.